The minimum absolute atomic E-state index is 0.295. The Balaban J connectivity index is 2.57. The van der Waals surface area contributed by atoms with Crippen LogP contribution in [0.2, 0.25) is 0 Å². The van der Waals surface area contributed by atoms with Gasteiger partial charge in [0.2, 0.25) is 0 Å². The highest BCUT2D eigenvalue weighted by atomic mass is 19.1. The molecule has 0 heterocycles. The molecule has 2 N–H and O–H groups in total. The molecule has 82 valence electrons. The van der Waals surface area contributed by atoms with Crippen molar-refractivity contribution in [2.75, 3.05) is 0 Å². The number of aliphatic carboxylic acids is 1. The van der Waals surface area contributed by atoms with E-state index in [-0.39, 0.29) is 5.82 Å². The van der Waals surface area contributed by atoms with Crippen molar-refractivity contribution in [3.63, 3.8) is 0 Å². The number of nitrogens with one attached hydrogen (secondary N) is 1. The molecule has 3 nitrogen and oxygen atoms in total. The van der Waals surface area contributed by atoms with Crippen molar-refractivity contribution in [3.05, 3.63) is 35.6 Å². The highest BCUT2D eigenvalue weighted by molar-refractivity contribution is 5.77. The first-order chi connectivity index (χ1) is 6.92. The van der Waals surface area contributed by atoms with Gasteiger partial charge in [0.05, 0.1) is 0 Å². The number of carbonyl (C=O) groups is 1. The summed E-state index contributed by atoms with van der Waals surface area (Å²) in [6.45, 7) is 3.57. The Hall–Kier alpha value is -1.42. The maximum absolute atomic E-state index is 12.6. The van der Waals surface area contributed by atoms with Gasteiger partial charge in [-0.15, -0.1) is 0 Å². The van der Waals surface area contributed by atoms with Crippen LogP contribution in [0.4, 0.5) is 4.39 Å². The number of carboxylic acids is 1. The van der Waals surface area contributed by atoms with Crippen molar-refractivity contribution in [1.82, 2.24) is 5.32 Å². The van der Waals surface area contributed by atoms with Gasteiger partial charge in [0, 0.05) is 6.54 Å². The molecule has 0 unspecified atom stereocenters. The van der Waals surface area contributed by atoms with Gasteiger partial charge in [0.15, 0.2) is 0 Å². The predicted octanol–water partition coefficient (Wildman–Crippen LogP) is 1.78. The molecule has 1 rings (SSSR count). The fraction of sp³-hybridized carbons (Fsp3) is 0.364. The molecule has 0 amide bonds. The number of hydrogen-bond donors (Lipinski definition) is 2. The molecule has 0 aliphatic heterocycles. The topological polar surface area (TPSA) is 49.3 Å². The van der Waals surface area contributed by atoms with E-state index in [9.17, 15) is 9.18 Å². The van der Waals surface area contributed by atoms with Gasteiger partial charge >= 0.3 is 5.97 Å². The van der Waals surface area contributed by atoms with E-state index in [1.165, 1.54) is 12.1 Å². The van der Waals surface area contributed by atoms with E-state index in [2.05, 4.69) is 5.32 Å². The largest absolute Gasteiger partial charge is 0.480 e. The maximum Gasteiger partial charge on any atom is 0.323 e. The molecule has 0 aliphatic rings. The molecule has 0 aromatic heterocycles. The van der Waals surface area contributed by atoms with Gasteiger partial charge in [-0.2, -0.15) is 0 Å². The van der Waals surface area contributed by atoms with Gasteiger partial charge in [0.1, 0.15) is 11.4 Å². The normalized spacial score (nSPS) is 11.4. The molecule has 0 bridgehead atoms. The van der Waals surface area contributed by atoms with Crippen LogP contribution in [0.3, 0.4) is 0 Å². The fourth-order valence-electron chi connectivity index (χ4n) is 1.00. The summed E-state index contributed by atoms with van der Waals surface area (Å²) in [4.78, 5) is 10.8. The highest BCUT2D eigenvalue weighted by Gasteiger charge is 2.25. The summed E-state index contributed by atoms with van der Waals surface area (Å²) in [5, 5.41) is 11.7. The Morgan fingerprint density at radius 2 is 1.93 bits per heavy atom. The van der Waals surface area contributed by atoms with Gasteiger partial charge < -0.3 is 5.11 Å². The van der Waals surface area contributed by atoms with Crippen molar-refractivity contribution in [2.45, 2.75) is 25.9 Å². The molecule has 0 fully saturated rings. The third kappa shape index (κ3) is 3.32. The van der Waals surface area contributed by atoms with E-state index < -0.39 is 11.5 Å². The van der Waals surface area contributed by atoms with E-state index in [0.717, 1.165) is 5.56 Å². The van der Waals surface area contributed by atoms with E-state index >= 15 is 0 Å². The van der Waals surface area contributed by atoms with Gasteiger partial charge in [-0.25, -0.2) is 4.39 Å². The van der Waals surface area contributed by atoms with Crippen molar-refractivity contribution in [1.29, 1.82) is 0 Å². The number of halogens is 1. The van der Waals surface area contributed by atoms with Crippen molar-refractivity contribution < 1.29 is 14.3 Å². The second-order valence-corrected chi connectivity index (χ2v) is 3.91. The molecular formula is C11H14FNO2. The molecule has 1 aromatic rings. The number of benzene rings is 1. The molecule has 0 saturated carbocycles. The Kier molecular flexibility index (Phi) is 3.42. The lowest BCUT2D eigenvalue weighted by molar-refractivity contribution is -0.143. The third-order valence-corrected chi connectivity index (χ3v) is 2.18. The fourth-order valence-corrected chi connectivity index (χ4v) is 1.00. The summed E-state index contributed by atoms with van der Waals surface area (Å²) in [5.41, 5.74) is -0.125. The molecule has 0 spiro atoms. The third-order valence-electron chi connectivity index (χ3n) is 2.18. The first-order valence-electron chi connectivity index (χ1n) is 4.65. The molecule has 0 radical (unpaired) electrons. The first kappa shape index (κ1) is 11.7. The molecule has 4 heteroatoms. The molecule has 0 atom stereocenters. The van der Waals surface area contributed by atoms with E-state index in [1.54, 1.807) is 26.0 Å². The predicted molar refractivity (Wildman–Crippen MR) is 55.0 cm³/mol. The number of carboxylic acid groups (broad SMARTS) is 1. The lowest BCUT2D eigenvalue weighted by Gasteiger charge is -2.20. The Bertz CT molecular complexity index is 346. The van der Waals surface area contributed by atoms with Crippen LogP contribution in [-0.4, -0.2) is 16.6 Å². The van der Waals surface area contributed by atoms with Gasteiger partial charge in [-0.1, -0.05) is 12.1 Å². The van der Waals surface area contributed by atoms with Crippen molar-refractivity contribution in [2.24, 2.45) is 0 Å². The average molecular weight is 211 g/mol. The standard InChI is InChI=1S/C11H14FNO2/c1-11(2,10(14)15)13-7-8-3-5-9(12)6-4-8/h3-6,13H,7H2,1-2H3,(H,14,15). The van der Waals surface area contributed by atoms with Crippen LogP contribution >= 0.6 is 0 Å². The van der Waals surface area contributed by atoms with Crippen molar-refractivity contribution >= 4 is 5.97 Å². The second kappa shape index (κ2) is 4.40. The molecular weight excluding hydrogens is 197 g/mol. The average Bonchev–Trinajstić information content (AvgIpc) is 2.17. The van der Waals surface area contributed by atoms with Crippen LogP contribution in [0.25, 0.3) is 0 Å². The number of rotatable bonds is 4. The summed E-state index contributed by atoms with van der Waals surface area (Å²) in [7, 11) is 0. The summed E-state index contributed by atoms with van der Waals surface area (Å²) >= 11 is 0. The lowest BCUT2D eigenvalue weighted by Crippen LogP contribution is -2.46. The smallest absolute Gasteiger partial charge is 0.323 e. The van der Waals surface area contributed by atoms with Crippen LogP contribution < -0.4 is 5.32 Å². The molecule has 15 heavy (non-hydrogen) atoms. The summed E-state index contributed by atoms with van der Waals surface area (Å²) < 4.78 is 12.6. The SMILES string of the molecule is CC(C)(NCc1ccc(F)cc1)C(=O)O. The summed E-state index contributed by atoms with van der Waals surface area (Å²) in [6.07, 6.45) is 0. The maximum atomic E-state index is 12.6. The zero-order valence-corrected chi connectivity index (χ0v) is 8.75. The highest BCUT2D eigenvalue weighted by Crippen LogP contribution is 2.06. The quantitative estimate of drug-likeness (QED) is 0.798. The zero-order chi connectivity index (χ0) is 11.5. The van der Waals surface area contributed by atoms with Gasteiger partial charge in [-0.05, 0) is 31.5 Å². The van der Waals surface area contributed by atoms with Gasteiger partial charge in [0.25, 0.3) is 0 Å². The molecule has 0 saturated heterocycles. The zero-order valence-electron chi connectivity index (χ0n) is 8.75. The van der Waals surface area contributed by atoms with Gasteiger partial charge in [-0.3, -0.25) is 10.1 Å². The van der Waals surface area contributed by atoms with Crippen LogP contribution in [-0.2, 0) is 11.3 Å². The van der Waals surface area contributed by atoms with Crippen LogP contribution in [0.1, 0.15) is 19.4 Å². The lowest BCUT2D eigenvalue weighted by atomic mass is 10.1. The van der Waals surface area contributed by atoms with Crippen LogP contribution in [0.15, 0.2) is 24.3 Å². The summed E-state index contributed by atoms with van der Waals surface area (Å²) in [6, 6.07) is 5.95. The Morgan fingerprint density at radius 3 is 2.40 bits per heavy atom. The van der Waals surface area contributed by atoms with Crippen LogP contribution in [0, 0.1) is 5.82 Å². The Labute approximate surface area is 87.9 Å². The summed E-state index contributed by atoms with van der Waals surface area (Å²) in [5.74, 6) is -1.21. The van der Waals surface area contributed by atoms with E-state index in [0.29, 0.717) is 6.54 Å². The molecule has 1 aromatic carbocycles. The minimum atomic E-state index is -0.978. The first-order valence-corrected chi connectivity index (χ1v) is 4.65. The van der Waals surface area contributed by atoms with Crippen LogP contribution in [0.5, 0.6) is 0 Å². The number of hydrogen-bond acceptors (Lipinski definition) is 2. The Morgan fingerprint density at radius 1 is 1.40 bits per heavy atom. The van der Waals surface area contributed by atoms with E-state index in [4.69, 9.17) is 5.11 Å². The second-order valence-electron chi connectivity index (χ2n) is 3.91. The van der Waals surface area contributed by atoms with E-state index in [1.807, 2.05) is 0 Å². The monoisotopic (exact) mass is 211 g/mol. The molecule has 0 aliphatic carbocycles. The van der Waals surface area contributed by atoms with Crippen molar-refractivity contribution in [3.8, 4) is 0 Å². The minimum Gasteiger partial charge on any atom is -0.480 e.